The van der Waals surface area contributed by atoms with Gasteiger partial charge in [0.25, 0.3) is 5.89 Å². The highest BCUT2D eigenvalue weighted by Crippen LogP contribution is 2.33. The van der Waals surface area contributed by atoms with Gasteiger partial charge in [-0.1, -0.05) is 53.2 Å². The molecule has 3 heterocycles. The van der Waals surface area contributed by atoms with E-state index in [2.05, 4.69) is 26.8 Å². The SMILES string of the molecule is C=CCN(Cc1nnc(-c2c(-c3ccccc3)noc2C)o1)Cc1ccc(Cl)s1. The van der Waals surface area contributed by atoms with Gasteiger partial charge in [0, 0.05) is 23.5 Å². The number of hydrogen-bond donors (Lipinski definition) is 0. The molecule has 29 heavy (non-hydrogen) atoms. The molecular weight excluding hydrogens is 408 g/mol. The van der Waals surface area contributed by atoms with E-state index in [4.69, 9.17) is 20.5 Å². The number of thiophene rings is 1. The number of aromatic nitrogens is 3. The van der Waals surface area contributed by atoms with Crippen LogP contribution in [-0.4, -0.2) is 26.8 Å². The fraction of sp³-hybridized carbons (Fsp3) is 0.190. The summed E-state index contributed by atoms with van der Waals surface area (Å²) < 4.78 is 12.1. The highest BCUT2D eigenvalue weighted by Gasteiger charge is 2.22. The molecule has 0 radical (unpaired) electrons. The Hall–Kier alpha value is -2.74. The summed E-state index contributed by atoms with van der Waals surface area (Å²) in [6.45, 7) is 7.59. The Morgan fingerprint density at radius 1 is 1.14 bits per heavy atom. The van der Waals surface area contributed by atoms with Crippen LogP contribution in [0.15, 0.2) is 64.1 Å². The summed E-state index contributed by atoms with van der Waals surface area (Å²) >= 11 is 7.61. The normalized spacial score (nSPS) is 11.3. The van der Waals surface area contributed by atoms with Gasteiger partial charge >= 0.3 is 0 Å². The van der Waals surface area contributed by atoms with Crippen LogP contribution in [0.4, 0.5) is 0 Å². The number of benzene rings is 1. The molecule has 0 unspecified atom stereocenters. The van der Waals surface area contributed by atoms with E-state index >= 15 is 0 Å². The van der Waals surface area contributed by atoms with Crippen molar-refractivity contribution in [3.63, 3.8) is 0 Å². The van der Waals surface area contributed by atoms with Gasteiger partial charge in [0.05, 0.1) is 10.9 Å². The van der Waals surface area contributed by atoms with Crippen LogP contribution in [0, 0.1) is 6.92 Å². The van der Waals surface area contributed by atoms with E-state index in [1.54, 1.807) is 11.3 Å². The minimum Gasteiger partial charge on any atom is -0.419 e. The van der Waals surface area contributed by atoms with Crippen LogP contribution in [0.3, 0.4) is 0 Å². The van der Waals surface area contributed by atoms with Gasteiger partial charge in [-0.2, -0.15) is 0 Å². The fourth-order valence-corrected chi connectivity index (χ4v) is 4.18. The van der Waals surface area contributed by atoms with E-state index in [0.29, 0.717) is 36.3 Å². The maximum Gasteiger partial charge on any atom is 0.253 e. The van der Waals surface area contributed by atoms with Crippen LogP contribution >= 0.6 is 22.9 Å². The molecule has 3 aromatic heterocycles. The third-order valence-electron chi connectivity index (χ3n) is 4.35. The third kappa shape index (κ3) is 4.48. The molecule has 0 atom stereocenters. The molecule has 148 valence electrons. The lowest BCUT2D eigenvalue weighted by molar-refractivity contribution is 0.258. The molecule has 0 fully saturated rings. The predicted molar refractivity (Wildman–Crippen MR) is 114 cm³/mol. The maximum atomic E-state index is 6.05. The van der Waals surface area contributed by atoms with Crippen LogP contribution in [0.2, 0.25) is 4.34 Å². The van der Waals surface area contributed by atoms with Gasteiger partial charge in [-0.05, 0) is 19.1 Å². The Bertz CT molecular complexity index is 1100. The first-order chi connectivity index (χ1) is 14.1. The van der Waals surface area contributed by atoms with E-state index in [1.165, 1.54) is 0 Å². The van der Waals surface area contributed by atoms with Crippen molar-refractivity contribution in [3.05, 3.63) is 76.0 Å². The van der Waals surface area contributed by atoms with Crippen LogP contribution in [0.25, 0.3) is 22.7 Å². The minimum atomic E-state index is 0.398. The van der Waals surface area contributed by atoms with Crippen molar-refractivity contribution in [1.29, 1.82) is 0 Å². The number of aryl methyl sites for hydroxylation is 1. The van der Waals surface area contributed by atoms with Crippen molar-refractivity contribution in [1.82, 2.24) is 20.3 Å². The lowest BCUT2D eigenvalue weighted by Crippen LogP contribution is -2.22. The molecule has 0 saturated heterocycles. The number of rotatable bonds is 8. The maximum absolute atomic E-state index is 6.05. The van der Waals surface area contributed by atoms with Crippen molar-refractivity contribution in [3.8, 4) is 22.7 Å². The van der Waals surface area contributed by atoms with Crippen molar-refractivity contribution < 1.29 is 8.94 Å². The lowest BCUT2D eigenvalue weighted by atomic mass is 10.1. The first-order valence-electron chi connectivity index (χ1n) is 9.06. The monoisotopic (exact) mass is 426 g/mol. The Balaban J connectivity index is 1.57. The number of halogens is 1. The summed E-state index contributed by atoms with van der Waals surface area (Å²) in [5, 5.41) is 12.7. The molecule has 0 bridgehead atoms. The lowest BCUT2D eigenvalue weighted by Gasteiger charge is -2.17. The van der Waals surface area contributed by atoms with Crippen molar-refractivity contribution in [2.75, 3.05) is 6.54 Å². The summed E-state index contributed by atoms with van der Waals surface area (Å²) in [4.78, 5) is 3.32. The van der Waals surface area contributed by atoms with E-state index in [-0.39, 0.29) is 0 Å². The molecule has 4 aromatic rings. The Morgan fingerprint density at radius 2 is 1.97 bits per heavy atom. The summed E-state index contributed by atoms with van der Waals surface area (Å²) in [5.41, 5.74) is 2.34. The Morgan fingerprint density at radius 3 is 2.69 bits per heavy atom. The van der Waals surface area contributed by atoms with Crippen molar-refractivity contribution in [2.45, 2.75) is 20.0 Å². The second kappa shape index (κ2) is 8.73. The predicted octanol–water partition coefficient (Wildman–Crippen LogP) is 5.60. The molecule has 1 aromatic carbocycles. The van der Waals surface area contributed by atoms with Gasteiger partial charge in [0.2, 0.25) is 5.89 Å². The van der Waals surface area contributed by atoms with E-state index in [9.17, 15) is 0 Å². The molecule has 0 spiro atoms. The molecule has 0 saturated carbocycles. The largest absolute Gasteiger partial charge is 0.419 e. The molecule has 0 aliphatic carbocycles. The molecule has 0 aliphatic rings. The molecule has 6 nitrogen and oxygen atoms in total. The fourth-order valence-electron chi connectivity index (χ4n) is 3.05. The third-order valence-corrected chi connectivity index (χ3v) is 5.56. The molecular formula is C21H19ClN4O2S. The second-order valence-electron chi connectivity index (χ2n) is 6.49. The smallest absolute Gasteiger partial charge is 0.253 e. The number of hydrogen-bond acceptors (Lipinski definition) is 7. The summed E-state index contributed by atoms with van der Waals surface area (Å²) in [6, 6.07) is 13.7. The topological polar surface area (TPSA) is 68.2 Å². The summed E-state index contributed by atoms with van der Waals surface area (Å²) in [6.07, 6.45) is 1.85. The van der Waals surface area contributed by atoms with Gasteiger partial charge in [-0.15, -0.1) is 28.1 Å². The molecule has 0 aliphatic heterocycles. The van der Waals surface area contributed by atoms with Gasteiger partial charge < -0.3 is 8.94 Å². The second-order valence-corrected chi connectivity index (χ2v) is 8.29. The van der Waals surface area contributed by atoms with Crippen LogP contribution in [0.1, 0.15) is 16.5 Å². The van der Waals surface area contributed by atoms with Gasteiger partial charge in [0.15, 0.2) is 0 Å². The average molecular weight is 427 g/mol. The molecule has 8 heteroatoms. The zero-order chi connectivity index (χ0) is 20.2. The molecule has 0 N–H and O–H groups in total. The number of nitrogens with zero attached hydrogens (tertiary/aromatic N) is 4. The molecule has 4 rings (SSSR count). The zero-order valence-corrected chi connectivity index (χ0v) is 17.4. The van der Waals surface area contributed by atoms with Gasteiger partial charge in [-0.25, -0.2) is 0 Å². The van der Waals surface area contributed by atoms with E-state index in [0.717, 1.165) is 26.9 Å². The van der Waals surface area contributed by atoms with Crippen molar-refractivity contribution >= 4 is 22.9 Å². The highest BCUT2D eigenvalue weighted by atomic mass is 35.5. The van der Waals surface area contributed by atoms with Gasteiger partial charge in [0.1, 0.15) is 17.0 Å². The van der Waals surface area contributed by atoms with Crippen LogP contribution in [0.5, 0.6) is 0 Å². The molecule has 0 amide bonds. The van der Waals surface area contributed by atoms with Gasteiger partial charge in [-0.3, -0.25) is 4.90 Å². The standard InChI is InChI=1S/C21H19ClN4O2S/c1-3-11-26(12-16-9-10-17(22)29-16)13-18-23-24-21(27-18)19-14(2)28-25-20(19)15-7-5-4-6-8-15/h3-10H,1,11-13H2,2H3. The zero-order valence-electron chi connectivity index (χ0n) is 15.8. The first kappa shape index (κ1) is 19.6. The minimum absolute atomic E-state index is 0.398. The summed E-state index contributed by atoms with van der Waals surface area (Å²) in [5.74, 6) is 1.55. The highest BCUT2D eigenvalue weighted by molar-refractivity contribution is 7.16. The van der Waals surface area contributed by atoms with Crippen LogP contribution in [-0.2, 0) is 13.1 Å². The average Bonchev–Trinajstić information content (AvgIpc) is 3.43. The Kier molecular flexibility index (Phi) is 5.89. The van der Waals surface area contributed by atoms with Crippen LogP contribution < -0.4 is 0 Å². The van der Waals surface area contributed by atoms with E-state index < -0.39 is 0 Å². The Labute approximate surface area is 177 Å². The summed E-state index contributed by atoms with van der Waals surface area (Å²) in [7, 11) is 0. The van der Waals surface area contributed by atoms with Crippen molar-refractivity contribution in [2.24, 2.45) is 0 Å². The quantitative estimate of drug-likeness (QED) is 0.341. The first-order valence-corrected chi connectivity index (χ1v) is 10.3. The van der Waals surface area contributed by atoms with E-state index in [1.807, 2.05) is 55.5 Å².